The van der Waals surface area contributed by atoms with Crippen molar-refractivity contribution < 1.29 is 14.4 Å². The van der Waals surface area contributed by atoms with Crippen molar-refractivity contribution in [2.45, 2.75) is 25.9 Å². The number of oxime groups is 1. The highest BCUT2D eigenvalue weighted by molar-refractivity contribution is 6.01. The quantitative estimate of drug-likeness (QED) is 0.568. The van der Waals surface area contributed by atoms with E-state index >= 15 is 0 Å². The summed E-state index contributed by atoms with van der Waals surface area (Å²) in [4.78, 5) is 25.3. The number of carbonyl (C=O) groups is 1. The van der Waals surface area contributed by atoms with Crippen LogP contribution in [0.1, 0.15) is 25.3 Å². The number of hydrogen-bond donors (Lipinski definition) is 0. The lowest BCUT2D eigenvalue weighted by molar-refractivity contribution is -0.144. The number of nitrogens with zero attached hydrogens (tertiary/aromatic N) is 4. The molecule has 2 heterocycles. The Balaban J connectivity index is 1.45. The van der Waals surface area contributed by atoms with Gasteiger partial charge in [0.25, 0.3) is 0 Å². The van der Waals surface area contributed by atoms with Crippen molar-refractivity contribution in [1.29, 1.82) is 0 Å². The van der Waals surface area contributed by atoms with Gasteiger partial charge in [0.1, 0.15) is 6.10 Å². The molecule has 27 heavy (non-hydrogen) atoms. The topological polar surface area (TPSA) is 58.7 Å². The molecule has 0 saturated carbocycles. The Morgan fingerprint density at radius 1 is 1.26 bits per heavy atom. The molecule has 0 N–H and O–H groups in total. The van der Waals surface area contributed by atoms with Crippen LogP contribution in [0.5, 0.6) is 0 Å². The van der Waals surface area contributed by atoms with E-state index in [1.54, 1.807) is 0 Å². The molecule has 1 aromatic carbocycles. The van der Waals surface area contributed by atoms with Gasteiger partial charge in [0.2, 0.25) is 0 Å². The van der Waals surface area contributed by atoms with E-state index in [0.29, 0.717) is 18.8 Å². The Morgan fingerprint density at radius 3 is 2.74 bits per heavy atom. The second-order valence-corrected chi connectivity index (χ2v) is 6.86. The van der Waals surface area contributed by atoms with Gasteiger partial charge in [-0.15, -0.1) is 0 Å². The average Bonchev–Trinajstić information content (AvgIpc) is 3.03. The SMILES string of the molecule is [C-]#[N+]c1ccc(C2=NOC(CN3CCCN(CC(=O)OCC)CC3)C2)cc1. The second kappa shape index (κ2) is 9.49. The molecule has 0 radical (unpaired) electrons. The summed E-state index contributed by atoms with van der Waals surface area (Å²) in [6, 6.07) is 7.48. The van der Waals surface area contributed by atoms with Gasteiger partial charge in [0, 0.05) is 32.6 Å². The maximum Gasteiger partial charge on any atom is 0.320 e. The number of ether oxygens (including phenoxy) is 1. The minimum absolute atomic E-state index is 0.0529. The molecule has 0 spiro atoms. The standard InChI is InChI=1S/C20H26N4O3/c1-3-26-20(25)15-24-10-4-9-23(11-12-24)14-18-13-19(22-27-18)16-5-7-17(21-2)8-6-16/h5-8,18H,3-4,9-15H2,1H3. The lowest BCUT2D eigenvalue weighted by Gasteiger charge is -2.23. The van der Waals surface area contributed by atoms with E-state index in [2.05, 4.69) is 19.8 Å². The molecular weight excluding hydrogens is 344 g/mol. The van der Waals surface area contributed by atoms with Crippen molar-refractivity contribution >= 4 is 17.4 Å². The smallest absolute Gasteiger partial charge is 0.320 e. The van der Waals surface area contributed by atoms with Crippen LogP contribution in [0.4, 0.5) is 5.69 Å². The molecule has 144 valence electrons. The van der Waals surface area contributed by atoms with Crippen molar-refractivity contribution in [3.05, 3.63) is 41.2 Å². The predicted octanol–water partition coefficient (Wildman–Crippen LogP) is 2.30. The molecule has 7 nitrogen and oxygen atoms in total. The Hall–Kier alpha value is -2.43. The number of hydrogen-bond acceptors (Lipinski definition) is 6. The van der Waals surface area contributed by atoms with Crippen molar-refractivity contribution in [3.8, 4) is 0 Å². The zero-order valence-corrected chi connectivity index (χ0v) is 15.8. The average molecular weight is 370 g/mol. The molecule has 1 saturated heterocycles. The minimum Gasteiger partial charge on any atom is -0.465 e. The van der Waals surface area contributed by atoms with Crippen LogP contribution >= 0.6 is 0 Å². The number of esters is 1. The Bertz CT molecular complexity index is 711. The predicted molar refractivity (Wildman–Crippen MR) is 103 cm³/mol. The summed E-state index contributed by atoms with van der Waals surface area (Å²) < 4.78 is 5.04. The zero-order chi connectivity index (χ0) is 19.1. The van der Waals surface area contributed by atoms with Crippen molar-refractivity contribution in [2.24, 2.45) is 5.16 Å². The summed E-state index contributed by atoms with van der Waals surface area (Å²) in [6.07, 6.45) is 1.86. The number of carbonyl (C=O) groups excluding carboxylic acids is 1. The maximum atomic E-state index is 11.7. The third kappa shape index (κ3) is 5.52. The maximum absolute atomic E-state index is 11.7. The number of rotatable bonds is 6. The molecular formula is C20H26N4O3. The van der Waals surface area contributed by atoms with Crippen LogP contribution in [0.15, 0.2) is 29.4 Å². The fraction of sp³-hybridized carbons (Fsp3) is 0.550. The van der Waals surface area contributed by atoms with Crippen LogP contribution in [0.25, 0.3) is 4.85 Å². The van der Waals surface area contributed by atoms with Crippen molar-refractivity contribution in [2.75, 3.05) is 45.9 Å². The molecule has 0 amide bonds. The first kappa shape index (κ1) is 19.3. The molecule has 1 atom stereocenters. The molecule has 1 aromatic rings. The first-order valence-corrected chi connectivity index (χ1v) is 9.49. The van der Waals surface area contributed by atoms with Gasteiger partial charge in [-0.3, -0.25) is 14.6 Å². The summed E-state index contributed by atoms with van der Waals surface area (Å²) in [5, 5.41) is 4.25. The molecule has 0 aliphatic carbocycles. The first-order chi connectivity index (χ1) is 13.2. The summed E-state index contributed by atoms with van der Waals surface area (Å²) in [7, 11) is 0. The van der Waals surface area contributed by atoms with Crippen molar-refractivity contribution in [3.63, 3.8) is 0 Å². The highest BCUT2D eigenvalue weighted by atomic mass is 16.6. The van der Waals surface area contributed by atoms with Crippen LogP contribution in [0.2, 0.25) is 0 Å². The van der Waals surface area contributed by atoms with Gasteiger partial charge in [-0.2, -0.15) is 0 Å². The van der Waals surface area contributed by atoms with Crippen LogP contribution < -0.4 is 0 Å². The van der Waals surface area contributed by atoms with Gasteiger partial charge >= 0.3 is 5.97 Å². The molecule has 1 unspecified atom stereocenters. The van der Waals surface area contributed by atoms with E-state index < -0.39 is 0 Å². The monoisotopic (exact) mass is 370 g/mol. The molecule has 2 aliphatic heterocycles. The fourth-order valence-corrected chi connectivity index (χ4v) is 3.47. The molecule has 0 aromatic heterocycles. The summed E-state index contributed by atoms with van der Waals surface area (Å²) in [5.41, 5.74) is 2.59. The van der Waals surface area contributed by atoms with Gasteiger partial charge in [-0.05, 0) is 25.5 Å². The van der Waals surface area contributed by atoms with E-state index in [1.165, 1.54) is 0 Å². The van der Waals surface area contributed by atoms with Gasteiger partial charge in [0.05, 0.1) is 25.4 Å². The van der Waals surface area contributed by atoms with Crippen LogP contribution in [-0.2, 0) is 14.4 Å². The lowest BCUT2D eigenvalue weighted by Crippen LogP contribution is -2.37. The van der Waals surface area contributed by atoms with Crippen molar-refractivity contribution in [1.82, 2.24) is 9.80 Å². The van der Waals surface area contributed by atoms with Gasteiger partial charge in [-0.25, -0.2) is 4.85 Å². The fourth-order valence-electron chi connectivity index (χ4n) is 3.47. The summed E-state index contributed by atoms with van der Waals surface area (Å²) in [6.45, 7) is 14.2. The Labute approximate surface area is 160 Å². The molecule has 7 heteroatoms. The Morgan fingerprint density at radius 2 is 2.00 bits per heavy atom. The minimum atomic E-state index is -0.146. The molecule has 2 aliphatic rings. The van der Waals surface area contributed by atoms with Gasteiger partial charge in [-0.1, -0.05) is 29.4 Å². The molecule has 1 fully saturated rings. The third-order valence-electron chi connectivity index (χ3n) is 4.86. The van der Waals surface area contributed by atoms with E-state index in [1.807, 2.05) is 31.2 Å². The molecule has 3 rings (SSSR count). The van der Waals surface area contributed by atoms with Crippen LogP contribution in [-0.4, -0.2) is 73.5 Å². The third-order valence-corrected chi connectivity index (χ3v) is 4.86. The van der Waals surface area contributed by atoms with Gasteiger partial charge < -0.3 is 9.57 Å². The highest BCUT2D eigenvalue weighted by Crippen LogP contribution is 2.20. The molecule has 0 bridgehead atoms. The highest BCUT2D eigenvalue weighted by Gasteiger charge is 2.26. The largest absolute Gasteiger partial charge is 0.465 e. The van der Waals surface area contributed by atoms with E-state index in [4.69, 9.17) is 16.1 Å². The first-order valence-electron chi connectivity index (χ1n) is 9.49. The second-order valence-electron chi connectivity index (χ2n) is 6.86. The summed E-state index contributed by atoms with van der Waals surface area (Å²) >= 11 is 0. The zero-order valence-electron chi connectivity index (χ0n) is 15.8. The van der Waals surface area contributed by atoms with Crippen LogP contribution in [0.3, 0.4) is 0 Å². The van der Waals surface area contributed by atoms with Gasteiger partial charge in [0.15, 0.2) is 5.69 Å². The summed E-state index contributed by atoms with van der Waals surface area (Å²) in [5.74, 6) is -0.146. The van der Waals surface area contributed by atoms with Crippen LogP contribution in [0, 0.1) is 6.57 Å². The van der Waals surface area contributed by atoms with E-state index in [9.17, 15) is 4.79 Å². The Kier molecular flexibility index (Phi) is 6.80. The van der Waals surface area contributed by atoms with E-state index in [0.717, 1.165) is 56.8 Å². The number of benzene rings is 1. The normalized spacial score (nSPS) is 21.0. The van der Waals surface area contributed by atoms with E-state index in [-0.39, 0.29) is 12.1 Å². The lowest BCUT2D eigenvalue weighted by atomic mass is 10.0.